The number of hydrogen-bond acceptors (Lipinski definition) is 6. The van der Waals surface area contributed by atoms with Crippen LogP contribution in [0.25, 0.3) is 0 Å². The number of benzene rings is 1. The van der Waals surface area contributed by atoms with Crippen LogP contribution in [-0.2, 0) is 21.9 Å². The molecule has 1 aliphatic rings. The highest BCUT2D eigenvalue weighted by Crippen LogP contribution is 2.21. The number of sulfonamides is 1. The minimum Gasteiger partial charge on any atom is -0.339 e. The standard InChI is InChI=1S/C18H24FN5O3S2/c1-13(2)17-20-21-18(22(17)3)28-12-16(25)23-8-10-24(11-9-23)29(26,27)15-6-4-14(19)5-7-15/h4-7,13H,8-12H2,1-3H3. The first kappa shape index (κ1) is 21.7. The van der Waals surface area contributed by atoms with E-state index in [0.29, 0.717) is 18.2 Å². The van der Waals surface area contributed by atoms with Crippen molar-refractivity contribution in [3.8, 4) is 0 Å². The lowest BCUT2D eigenvalue weighted by Crippen LogP contribution is -2.50. The van der Waals surface area contributed by atoms with Crippen molar-refractivity contribution in [3.05, 3.63) is 35.9 Å². The molecule has 0 atom stereocenters. The van der Waals surface area contributed by atoms with Gasteiger partial charge in [-0.3, -0.25) is 4.79 Å². The first-order valence-corrected chi connectivity index (χ1v) is 11.7. The second-order valence-electron chi connectivity index (χ2n) is 7.08. The van der Waals surface area contributed by atoms with Gasteiger partial charge in [0.25, 0.3) is 0 Å². The Bertz CT molecular complexity index is 968. The van der Waals surface area contributed by atoms with E-state index in [1.54, 1.807) is 4.90 Å². The number of aromatic nitrogens is 3. The molecule has 1 aromatic carbocycles. The molecular formula is C18H24FN5O3S2. The van der Waals surface area contributed by atoms with Crippen LogP contribution in [0, 0.1) is 5.82 Å². The van der Waals surface area contributed by atoms with Crippen molar-refractivity contribution in [1.29, 1.82) is 0 Å². The SMILES string of the molecule is CC(C)c1nnc(SCC(=O)N2CCN(S(=O)(=O)c3ccc(F)cc3)CC2)n1C. The highest BCUT2D eigenvalue weighted by Gasteiger charge is 2.30. The molecule has 3 rings (SSSR count). The average Bonchev–Trinajstić information content (AvgIpc) is 3.07. The highest BCUT2D eigenvalue weighted by atomic mass is 32.2. The van der Waals surface area contributed by atoms with Crippen molar-refractivity contribution in [1.82, 2.24) is 24.0 Å². The summed E-state index contributed by atoms with van der Waals surface area (Å²) in [5.74, 6) is 0.769. The zero-order valence-electron chi connectivity index (χ0n) is 16.6. The minimum absolute atomic E-state index is 0.0532. The highest BCUT2D eigenvalue weighted by molar-refractivity contribution is 7.99. The lowest BCUT2D eigenvalue weighted by Gasteiger charge is -2.34. The molecule has 1 aromatic heterocycles. The summed E-state index contributed by atoms with van der Waals surface area (Å²) in [6.45, 7) is 5.10. The van der Waals surface area contributed by atoms with Crippen LogP contribution in [0.4, 0.5) is 4.39 Å². The Morgan fingerprint density at radius 1 is 1.14 bits per heavy atom. The summed E-state index contributed by atoms with van der Waals surface area (Å²) in [4.78, 5) is 14.2. The summed E-state index contributed by atoms with van der Waals surface area (Å²) in [6.07, 6.45) is 0. The lowest BCUT2D eigenvalue weighted by atomic mass is 10.2. The molecular weight excluding hydrogens is 417 g/mol. The van der Waals surface area contributed by atoms with Crippen LogP contribution >= 0.6 is 11.8 Å². The Morgan fingerprint density at radius 3 is 2.31 bits per heavy atom. The van der Waals surface area contributed by atoms with Crippen molar-refractivity contribution in [2.75, 3.05) is 31.9 Å². The molecule has 0 unspecified atom stereocenters. The van der Waals surface area contributed by atoms with Crippen LogP contribution in [0.2, 0.25) is 0 Å². The van der Waals surface area contributed by atoms with Gasteiger partial charge in [0.1, 0.15) is 11.6 Å². The van der Waals surface area contributed by atoms with Gasteiger partial charge in [0.15, 0.2) is 5.16 Å². The maximum absolute atomic E-state index is 13.1. The molecule has 1 saturated heterocycles. The number of nitrogens with zero attached hydrogens (tertiary/aromatic N) is 5. The fourth-order valence-electron chi connectivity index (χ4n) is 3.11. The summed E-state index contributed by atoms with van der Waals surface area (Å²) in [6, 6.07) is 4.76. The van der Waals surface area contributed by atoms with E-state index >= 15 is 0 Å². The van der Waals surface area contributed by atoms with E-state index in [4.69, 9.17) is 0 Å². The topological polar surface area (TPSA) is 88.4 Å². The molecule has 1 fully saturated rings. The van der Waals surface area contributed by atoms with E-state index in [-0.39, 0.29) is 35.6 Å². The molecule has 11 heteroatoms. The van der Waals surface area contributed by atoms with Crippen LogP contribution in [0.1, 0.15) is 25.6 Å². The maximum atomic E-state index is 13.1. The third kappa shape index (κ3) is 4.78. The van der Waals surface area contributed by atoms with Crippen LogP contribution < -0.4 is 0 Å². The fraction of sp³-hybridized carbons (Fsp3) is 0.500. The van der Waals surface area contributed by atoms with Gasteiger partial charge in [-0.05, 0) is 24.3 Å². The van der Waals surface area contributed by atoms with Gasteiger partial charge in [-0.25, -0.2) is 12.8 Å². The smallest absolute Gasteiger partial charge is 0.243 e. The van der Waals surface area contributed by atoms with Crippen LogP contribution in [0.15, 0.2) is 34.3 Å². The summed E-state index contributed by atoms with van der Waals surface area (Å²) in [7, 11) is -1.82. The zero-order valence-corrected chi connectivity index (χ0v) is 18.2. The summed E-state index contributed by atoms with van der Waals surface area (Å²) in [5.41, 5.74) is 0. The molecule has 0 bridgehead atoms. The number of carbonyl (C=O) groups is 1. The van der Waals surface area contributed by atoms with Gasteiger partial charge in [-0.2, -0.15) is 4.31 Å². The van der Waals surface area contributed by atoms with E-state index in [2.05, 4.69) is 10.2 Å². The number of halogens is 1. The lowest BCUT2D eigenvalue weighted by molar-refractivity contribution is -0.129. The monoisotopic (exact) mass is 441 g/mol. The first-order chi connectivity index (χ1) is 13.7. The molecule has 1 aliphatic heterocycles. The number of amides is 1. The van der Waals surface area contributed by atoms with Gasteiger partial charge >= 0.3 is 0 Å². The van der Waals surface area contributed by atoms with Gasteiger partial charge < -0.3 is 9.47 Å². The Hall–Kier alpha value is -1.98. The van der Waals surface area contributed by atoms with E-state index in [9.17, 15) is 17.6 Å². The number of rotatable bonds is 6. The van der Waals surface area contributed by atoms with Crippen molar-refractivity contribution in [3.63, 3.8) is 0 Å². The van der Waals surface area contributed by atoms with Gasteiger partial charge in [0, 0.05) is 39.1 Å². The predicted octanol–water partition coefficient (Wildman–Crippen LogP) is 1.70. The van der Waals surface area contributed by atoms with Crippen molar-refractivity contribution < 1.29 is 17.6 Å². The first-order valence-electron chi connectivity index (χ1n) is 9.25. The second kappa shape index (κ2) is 8.80. The van der Waals surface area contributed by atoms with Gasteiger partial charge in [0.05, 0.1) is 10.6 Å². The second-order valence-corrected chi connectivity index (χ2v) is 9.96. The van der Waals surface area contributed by atoms with Crippen molar-refractivity contribution in [2.24, 2.45) is 7.05 Å². The number of thioether (sulfide) groups is 1. The molecule has 0 saturated carbocycles. The van der Waals surface area contributed by atoms with E-state index < -0.39 is 15.8 Å². The van der Waals surface area contributed by atoms with Gasteiger partial charge in [-0.15, -0.1) is 10.2 Å². The van der Waals surface area contributed by atoms with Crippen molar-refractivity contribution >= 4 is 27.7 Å². The van der Waals surface area contributed by atoms with Crippen LogP contribution in [-0.4, -0.2) is 70.2 Å². The molecule has 0 aliphatic carbocycles. The minimum atomic E-state index is -3.69. The van der Waals surface area contributed by atoms with Crippen LogP contribution in [0.3, 0.4) is 0 Å². The quantitative estimate of drug-likeness (QED) is 0.634. The Labute approximate surface area is 174 Å². The predicted molar refractivity (Wildman–Crippen MR) is 108 cm³/mol. The number of hydrogen-bond donors (Lipinski definition) is 0. The number of carbonyl (C=O) groups excluding carboxylic acids is 1. The summed E-state index contributed by atoms with van der Waals surface area (Å²) < 4.78 is 41.6. The summed E-state index contributed by atoms with van der Waals surface area (Å²) >= 11 is 1.32. The summed E-state index contributed by atoms with van der Waals surface area (Å²) in [5, 5.41) is 8.96. The largest absolute Gasteiger partial charge is 0.339 e. The molecule has 8 nitrogen and oxygen atoms in total. The molecule has 2 heterocycles. The van der Waals surface area contributed by atoms with Crippen molar-refractivity contribution in [2.45, 2.75) is 29.8 Å². The fourth-order valence-corrected chi connectivity index (χ4v) is 5.35. The average molecular weight is 442 g/mol. The van der Waals surface area contributed by atoms with E-state index in [1.807, 2.05) is 25.5 Å². The Morgan fingerprint density at radius 2 is 1.76 bits per heavy atom. The molecule has 1 amide bonds. The zero-order chi connectivity index (χ0) is 21.2. The Kier molecular flexibility index (Phi) is 6.59. The third-order valence-electron chi connectivity index (χ3n) is 4.75. The van der Waals surface area contributed by atoms with E-state index in [1.165, 1.54) is 28.2 Å². The van der Waals surface area contributed by atoms with Crippen LogP contribution in [0.5, 0.6) is 0 Å². The van der Waals surface area contributed by atoms with Gasteiger partial charge in [-0.1, -0.05) is 25.6 Å². The number of piperazine rings is 1. The van der Waals surface area contributed by atoms with E-state index in [0.717, 1.165) is 18.0 Å². The molecule has 158 valence electrons. The molecule has 0 N–H and O–H groups in total. The molecule has 29 heavy (non-hydrogen) atoms. The molecule has 0 spiro atoms. The third-order valence-corrected chi connectivity index (χ3v) is 7.67. The van der Waals surface area contributed by atoms with Gasteiger partial charge in [0.2, 0.25) is 15.9 Å². The molecule has 0 radical (unpaired) electrons. The Balaban J connectivity index is 1.55. The normalized spacial score (nSPS) is 15.8. The molecule has 2 aromatic rings. The maximum Gasteiger partial charge on any atom is 0.243 e.